The zero-order chi connectivity index (χ0) is 16.0. The molecule has 0 N–H and O–H groups in total. The van der Waals surface area contributed by atoms with E-state index in [-0.39, 0.29) is 17.9 Å². The molecule has 0 saturated carbocycles. The van der Waals surface area contributed by atoms with Crippen molar-refractivity contribution in [2.45, 2.75) is 44.6 Å². The minimum Gasteiger partial charge on any atom is -0.348 e. The third-order valence-corrected chi connectivity index (χ3v) is 6.21. The van der Waals surface area contributed by atoms with E-state index in [0.717, 1.165) is 37.5 Å². The van der Waals surface area contributed by atoms with Crippen molar-refractivity contribution < 1.29 is 9.59 Å². The maximum absolute atomic E-state index is 13.0. The van der Waals surface area contributed by atoms with Gasteiger partial charge in [-0.2, -0.15) is 0 Å². The number of thiazole rings is 1. The predicted molar refractivity (Wildman–Crippen MR) is 90.3 cm³/mol. The number of hydrogen-bond donors (Lipinski definition) is 0. The standard InChI is InChI=1S/C16H22N4O2S/c1-18-13-12(23-16(17-13)19-8-4-2-5-9-19)15(22)20-10-6-3-7-11(20)14(18)21/h11H,2-10H2,1H3. The summed E-state index contributed by atoms with van der Waals surface area (Å²) in [5.41, 5.74) is 0. The zero-order valence-electron chi connectivity index (χ0n) is 13.5. The Hall–Kier alpha value is -1.63. The van der Waals surface area contributed by atoms with Crippen LogP contribution in [0.15, 0.2) is 0 Å². The summed E-state index contributed by atoms with van der Waals surface area (Å²) in [6.45, 7) is 2.66. The molecule has 0 bridgehead atoms. The van der Waals surface area contributed by atoms with Crippen molar-refractivity contribution in [3.63, 3.8) is 0 Å². The molecule has 7 heteroatoms. The van der Waals surface area contributed by atoms with Gasteiger partial charge in [0.2, 0.25) is 0 Å². The summed E-state index contributed by atoms with van der Waals surface area (Å²) < 4.78 is 0. The number of nitrogens with zero attached hydrogens (tertiary/aromatic N) is 4. The van der Waals surface area contributed by atoms with Crippen LogP contribution in [0.2, 0.25) is 0 Å². The van der Waals surface area contributed by atoms with Gasteiger partial charge in [-0.15, -0.1) is 0 Å². The number of piperidine rings is 2. The van der Waals surface area contributed by atoms with Gasteiger partial charge in [0.05, 0.1) is 0 Å². The fourth-order valence-electron chi connectivity index (χ4n) is 3.78. The van der Waals surface area contributed by atoms with Gasteiger partial charge in [-0.05, 0) is 38.5 Å². The molecular weight excluding hydrogens is 312 g/mol. The molecule has 0 spiro atoms. The van der Waals surface area contributed by atoms with Gasteiger partial charge in [0, 0.05) is 26.7 Å². The Balaban J connectivity index is 1.72. The average Bonchev–Trinajstić information content (AvgIpc) is 3.03. The quantitative estimate of drug-likeness (QED) is 0.789. The van der Waals surface area contributed by atoms with E-state index in [0.29, 0.717) is 17.2 Å². The van der Waals surface area contributed by atoms with E-state index < -0.39 is 0 Å². The molecule has 1 unspecified atom stereocenters. The number of amides is 2. The van der Waals surface area contributed by atoms with Crippen molar-refractivity contribution in [2.75, 3.05) is 36.5 Å². The van der Waals surface area contributed by atoms with Crippen molar-refractivity contribution in [2.24, 2.45) is 0 Å². The van der Waals surface area contributed by atoms with Crippen LogP contribution in [0.25, 0.3) is 0 Å². The lowest BCUT2D eigenvalue weighted by molar-refractivity contribution is -0.123. The number of fused-ring (bicyclic) bond motifs is 2. The van der Waals surface area contributed by atoms with E-state index in [2.05, 4.69) is 9.88 Å². The maximum Gasteiger partial charge on any atom is 0.268 e. The molecule has 4 rings (SSSR count). The monoisotopic (exact) mass is 334 g/mol. The summed E-state index contributed by atoms with van der Waals surface area (Å²) in [4.78, 5) is 36.6. The number of likely N-dealkylation sites (N-methyl/N-ethyl adjacent to an activating group) is 1. The fraction of sp³-hybridized carbons (Fsp3) is 0.688. The molecule has 0 aromatic carbocycles. The number of aromatic nitrogens is 1. The lowest BCUT2D eigenvalue weighted by atomic mass is 10.0. The summed E-state index contributed by atoms with van der Waals surface area (Å²) >= 11 is 1.45. The lowest BCUT2D eigenvalue weighted by Gasteiger charge is -2.33. The summed E-state index contributed by atoms with van der Waals surface area (Å²) in [5, 5.41) is 0.887. The smallest absolute Gasteiger partial charge is 0.268 e. The molecular formula is C16H22N4O2S. The van der Waals surface area contributed by atoms with E-state index >= 15 is 0 Å². The molecule has 0 radical (unpaired) electrons. The Labute approximate surface area is 140 Å². The minimum atomic E-state index is -0.305. The van der Waals surface area contributed by atoms with Crippen molar-refractivity contribution in [3.8, 4) is 0 Å². The highest BCUT2D eigenvalue weighted by Crippen LogP contribution is 2.38. The van der Waals surface area contributed by atoms with E-state index in [9.17, 15) is 9.59 Å². The fourth-order valence-corrected chi connectivity index (χ4v) is 4.88. The van der Waals surface area contributed by atoms with Gasteiger partial charge >= 0.3 is 0 Å². The first kappa shape index (κ1) is 14.9. The van der Waals surface area contributed by atoms with Crippen molar-refractivity contribution in [1.82, 2.24) is 9.88 Å². The highest BCUT2D eigenvalue weighted by Gasteiger charge is 2.41. The normalized spacial score (nSPS) is 25.3. The second kappa shape index (κ2) is 5.78. The molecule has 0 aliphatic carbocycles. The molecule has 2 fully saturated rings. The van der Waals surface area contributed by atoms with Gasteiger partial charge in [0.25, 0.3) is 11.8 Å². The average molecular weight is 334 g/mol. The predicted octanol–water partition coefficient (Wildman–Crippen LogP) is 2.10. The molecule has 124 valence electrons. The second-order valence-corrected chi connectivity index (χ2v) is 7.58. The van der Waals surface area contributed by atoms with Crippen LogP contribution in [0, 0.1) is 0 Å². The molecule has 2 amide bonds. The molecule has 4 heterocycles. The molecule has 3 aliphatic heterocycles. The van der Waals surface area contributed by atoms with Crippen LogP contribution < -0.4 is 9.80 Å². The Morgan fingerprint density at radius 3 is 2.57 bits per heavy atom. The van der Waals surface area contributed by atoms with Crippen LogP contribution in [0.1, 0.15) is 48.2 Å². The number of rotatable bonds is 1. The Morgan fingerprint density at radius 2 is 1.78 bits per heavy atom. The Morgan fingerprint density at radius 1 is 1.04 bits per heavy atom. The molecule has 1 atom stereocenters. The molecule has 23 heavy (non-hydrogen) atoms. The van der Waals surface area contributed by atoms with Crippen LogP contribution >= 0.6 is 11.3 Å². The topological polar surface area (TPSA) is 56.8 Å². The first-order valence-electron chi connectivity index (χ1n) is 8.51. The first-order valence-corrected chi connectivity index (χ1v) is 9.33. The van der Waals surface area contributed by atoms with Crippen LogP contribution in [0.4, 0.5) is 10.9 Å². The van der Waals surface area contributed by atoms with Gasteiger partial charge in [-0.3, -0.25) is 14.5 Å². The van der Waals surface area contributed by atoms with Crippen molar-refractivity contribution >= 4 is 34.1 Å². The summed E-state index contributed by atoms with van der Waals surface area (Å²) in [6.07, 6.45) is 6.35. The largest absolute Gasteiger partial charge is 0.348 e. The summed E-state index contributed by atoms with van der Waals surface area (Å²) in [7, 11) is 1.76. The summed E-state index contributed by atoms with van der Waals surface area (Å²) in [5.74, 6) is 0.551. The van der Waals surface area contributed by atoms with Gasteiger partial charge in [0.1, 0.15) is 10.9 Å². The Bertz CT molecular complexity index is 638. The highest BCUT2D eigenvalue weighted by molar-refractivity contribution is 7.18. The second-order valence-electron chi connectivity index (χ2n) is 6.60. The van der Waals surface area contributed by atoms with Gasteiger partial charge in [-0.25, -0.2) is 4.98 Å². The minimum absolute atomic E-state index is 0.00675. The van der Waals surface area contributed by atoms with Gasteiger partial charge in [0.15, 0.2) is 10.9 Å². The van der Waals surface area contributed by atoms with Crippen molar-refractivity contribution in [3.05, 3.63) is 4.88 Å². The first-order chi connectivity index (χ1) is 11.2. The van der Waals surface area contributed by atoms with Crippen LogP contribution in [-0.4, -0.2) is 54.4 Å². The van der Waals surface area contributed by atoms with Crippen molar-refractivity contribution in [1.29, 1.82) is 0 Å². The third kappa shape index (κ3) is 2.41. The summed E-state index contributed by atoms with van der Waals surface area (Å²) in [6, 6.07) is -0.305. The van der Waals surface area contributed by atoms with Crippen LogP contribution in [0.3, 0.4) is 0 Å². The van der Waals surface area contributed by atoms with Crippen LogP contribution in [-0.2, 0) is 4.79 Å². The molecule has 2 saturated heterocycles. The maximum atomic E-state index is 13.0. The van der Waals surface area contributed by atoms with Gasteiger partial charge < -0.3 is 9.80 Å². The number of carbonyl (C=O) groups excluding carboxylic acids is 2. The molecule has 3 aliphatic rings. The van der Waals surface area contributed by atoms with E-state index in [1.54, 1.807) is 16.8 Å². The molecule has 6 nitrogen and oxygen atoms in total. The zero-order valence-corrected chi connectivity index (χ0v) is 14.3. The van der Waals surface area contributed by atoms with Crippen LogP contribution in [0.5, 0.6) is 0 Å². The van der Waals surface area contributed by atoms with Gasteiger partial charge in [-0.1, -0.05) is 11.3 Å². The molecule has 1 aromatic rings. The SMILES string of the molecule is CN1C(=O)C2CCCCN2C(=O)c2sc(N3CCCCC3)nc21. The van der Waals surface area contributed by atoms with E-state index in [4.69, 9.17) is 0 Å². The molecule has 1 aromatic heterocycles. The number of hydrogen-bond acceptors (Lipinski definition) is 5. The lowest BCUT2D eigenvalue weighted by Crippen LogP contribution is -2.50. The third-order valence-electron chi connectivity index (χ3n) is 5.12. The number of anilines is 2. The highest BCUT2D eigenvalue weighted by atomic mass is 32.1. The van der Waals surface area contributed by atoms with E-state index in [1.807, 2.05) is 0 Å². The van der Waals surface area contributed by atoms with E-state index in [1.165, 1.54) is 30.6 Å². The Kier molecular flexibility index (Phi) is 3.75. The number of carbonyl (C=O) groups is 2.